The van der Waals surface area contributed by atoms with Crippen molar-refractivity contribution in [2.24, 2.45) is 0 Å². The van der Waals surface area contributed by atoms with E-state index in [0.717, 1.165) is 6.42 Å². The zero-order valence-corrected chi connectivity index (χ0v) is 9.19. The van der Waals surface area contributed by atoms with E-state index in [2.05, 4.69) is 5.32 Å². The van der Waals surface area contributed by atoms with Gasteiger partial charge in [0, 0.05) is 6.54 Å². The zero-order chi connectivity index (χ0) is 11.1. The molecule has 1 aromatic carbocycles. The van der Waals surface area contributed by atoms with Gasteiger partial charge in [-0.3, -0.25) is 4.79 Å². The van der Waals surface area contributed by atoms with Crippen LogP contribution in [0, 0.1) is 0 Å². The van der Waals surface area contributed by atoms with E-state index in [1.807, 2.05) is 37.3 Å². The molecule has 0 aliphatic heterocycles. The lowest BCUT2D eigenvalue weighted by Gasteiger charge is -2.14. The number of hydrogen-bond donors (Lipinski definition) is 1. The minimum Gasteiger partial charge on any atom is -0.468 e. The van der Waals surface area contributed by atoms with Crippen molar-refractivity contribution < 1.29 is 9.53 Å². The number of carbonyl (C=O) groups is 1. The maximum atomic E-state index is 11.3. The fourth-order valence-corrected chi connectivity index (χ4v) is 1.37. The van der Waals surface area contributed by atoms with Crippen LogP contribution in [0.3, 0.4) is 0 Å². The summed E-state index contributed by atoms with van der Waals surface area (Å²) in [5.41, 5.74) is 1.17. The molecule has 0 aliphatic rings. The second-order valence-electron chi connectivity index (χ2n) is 3.35. The van der Waals surface area contributed by atoms with Gasteiger partial charge in [-0.05, 0) is 12.0 Å². The van der Waals surface area contributed by atoms with Crippen LogP contribution in [0.15, 0.2) is 30.3 Å². The molecule has 0 saturated heterocycles. The van der Waals surface area contributed by atoms with E-state index >= 15 is 0 Å². The van der Waals surface area contributed by atoms with Gasteiger partial charge in [-0.25, -0.2) is 0 Å². The van der Waals surface area contributed by atoms with Crippen molar-refractivity contribution in [3.63, 3.8) is 0 Å². The minimum atomic E-state index is -0.213. The monoisotopic (exact) mass is 207 g/mol. The summed E-state index contributed by atoms with van der Waals surface area (Å²) in [7, 11) is 1.41. The predicted octanol–water partition coefficient (Wildman–Crippen LogP) is 1.73. The highest BCUT2D eigenvalue weighted by Gasteiger charge is 2.15. The number of esters is 1. The van der Waals surface area contributed by atoms with Crippen molar-refractivity contribution in [3.8, 4) is 0 Å². The molecule has 15 heavy (non-hydrogen) atoms. The van der Waals surface area contributed by atoms with Crippen LogP contribution in [-0.4, -0.2) is 19.1 Å². The van der Waals surface area contributed by atoms with Gasteiger partial charge in [-0.1, -0.05) is 37.3 Å². The van der Waals surface area contributed by atoms with Gasteiger partial charge in [0.25, 0.3) is 0 Å². The van der Waals surface area contributed by atoms with Gasteiger partial charge in [0.2, 0.25) is 0 Å². The molecule has 0 bridgehead atoms. The Morgan fingerprint density at radius 1 is 1.40 bits per heavy atom. The summed E-state index contributed by atoms with van der Waals surface area (Å²) in [5, 5.41) is 3.16. The Kier molecular flexibility index (Phi) is 4.84. The lowest BCUT2D eigenvalue weighted by Crippen LogP contribution is -2.36. The molecule has 0 fully saturated rings. The molecule has 0 amide bonds. The van der Waals surface area contributed by atoms with Crippen molar-refractivity contribution in [1.82, 2.24) is 5.32 Å². The third-order valence-corrected chi connectivity index (χ3v) is 2.29. The molecule has 1 atom stereocenters. The molecule has 1 aromatic rings. The maximum absolute atomic E-state index is 11.3. The smallest absolute Gasteiger partial charge is 0.322 e. The second kappa shape index (κ2) is 6.19. The van der Waals surface area contributed by atoms with Crippen LogP contribution < -0.4 is 5.32 Å². The number of rotatable bonds is 5. The van der Waals surface area contributed by atoms with Gasteiger partial charge in [0.15, 0.2) is 0 Å². The largest absolute Gasteiger partial charge is 0.468 e. The number of nitrogens with one attached hydrogen (secondary N) is 1. The summed E-state index contributed by atoms with van der Waals surface area (Å²) in [6.07, 6.45) is 0.736. The van der Waals surface area contributed by atoms with Crippen molar-refractivity contribution >= 4 is 5.97 Å². The summed E-state index contributed by atoms with van der Waals surface area (Å²) in [5.74, 6) is -0.201. The summed E-state index contributed by atoms with van der Waals surface area (Å²) < 4.78 is 4.69. The number of hydrogen-bond acceptors (Lipinski definition) is 3. The number of benzene rings is 1. The van der Waals surface area contributed by atoms with Gasteiger partial charge in [0.1, 0.15) is 6.04 Å². The normalized spacial score (nSPS) is 12.1. The van der Waals surface area contributed by atoms with Gasteiger partial charge in [0.05, 0.1) is 7.11 Å². The quantitative estimate of drug-likeness (QED) is 0.747. The Balaban J connectivity index is 2.44. The first-order chi connectivity index (χ1) is 7.27. The predicted molar refractivity (Wildman–Crippen MR) is 59.4 cm³/mol. The van der Waals surface area contributed by atoms with Crippen LogP contribution >= 0.6 is 0 Å². The van der Waals surface area contributed by atoms with Crippen LogP contribution in [0.25, 0.3) is 0 Å². The van der Waals surface area contributed by atoms with E-state index in [1.54, 1.807) is 0 Å². The average molecular weight is 207 g/mol. The van der Waals surface area contributed by atoms with Crippen LogP contribution in [0.1, 0.15) is 18.9 Å². The first kappa shape index (κ1) is 11.7. The van der Waals surface area contributed by atoms with E-state index in [9.17, 15) is 4.79 Å². The highest BCUT2D eigenvalue weighted by atomic mass is 16.5. The molecule has 82 valence electrons. The Hall–Kier alpha value is -1.35. The first-order valence-corrected chi connectivity index (χ1v) is 5.13. The zero-order valence-electron chi connectivity index (χ0n) is 9.19. The van der Waals surface area contributed by atoms with Crippen LogP contribution in [0.5, 0.6) is 0 Å². The maximum Gasteiger partial charge on any atom is 0.322 e. The molecule has 0 radical (unpaired) electrons. The highest BCUT2D eigenvalue weighted by molar-refractivity contribution is 5.75. The Labute approximate surface area is 90.4 Å². The molecule has 0 unspecified atom stereocenters. The van der Waals surface area contributed by atoms with E-state index in [0.29, 0.717) is 6.54 Å². The van der Waals surface area contributed by atoms with Gasteiger partial charge in [-0.2, -0.15) is 0 Å². The van der Waals surface area contributed by atoms with Gasteiger partial charge in [-0.15, -0.1) is 0 Å². The molecule has 3 heteroatoms. The van der Waals surface area contributed by atoms with Crippen molar-refractivity contribution in [3.05, 3.63) is 35.9 Å². The van der Waals surface area contributed by atoms with Crippen molar-refractivity contribution in [1.29, 1.82) is 0 Å². The molecular weight excluding hydrogens is 190 g/mol. The molecule has 0 spiro atoms. The van der Waals surface area contributed by atoms with Crippen LogP contribution in [-0.2, 0) is 16.1 Å². The van der Waals surface area contributed by atoms with Gasteiger partial charge >= 0.3 is 5.97 Å². The number of carbonyl (C=O) groups excluding carboxylic acids is 1. The lowest BCUT2D eigenvalue weighted by atomic mass is 10.2. The van der Waals surface area contributed by atoms with E-state index in [1.165, 1.54) is 12.7 Å². The molecule has 0 aliphatic carbocycles. The molecule has 3 nitrogen and oxygen atoms in total. The van der Waals surface area contributed by atoms with Crippen molar-refractivity contribution in [2.75, 3.05) is 7.11 Å². The van der Waals surface area contributed by atoms with Crippen LogP contribution in [0.4, 0.5) is 0 Å². The molecule has 1 rings (SSSR count). The summed E-state index contributed by atoms with van der Waals surface area (Å²) in [6.45, 7) is 2.65. The fourth-order valence-electron chi connectivity index (χ4n) is 1.37. The highest BCUT2D eigenvalue weighted by Crippen LogP contribution is 2.00. The molecule has 1 N–H and O–H groups in total. The average Bonchev–Trinajstić information content (AvgIpc) is 2.31. The first-order valence-electron chi connectivity index (χ1n) is 5.13. The Morgan fingerprint density at radius 3 is 2.60 bits per heavy atom. The lowest BCUT2D eigenvalue weighted by molar-refractivity contribution is -0.143. The third-order valence-electron chi connectivity index (χ3n) is 2.29. The molecule has 0 heterocycles. The van der Waals surface area contributed by atoms with Gasteiger partial charge < -0.3 is 10.1 Å². The third kappa shape index (κ3) is 3.72. The van der Waals surface area contributed by atoms with E-state index < -0.39 is 0 Å². The molecular formula is C12H17NO2. The second-order valence-corrected chi connectivity index (χ2v) is 3.35. The fraction of sp³-hybridized carbons (Fsp3) is 0.417. The summed E-state index contributed by atoms with van der Waals surface area (Å²) in [4.78, 5) is 11.3. The topological polar surface area (TPSA) is 38.3 Å². The standard InChI is InChI=1S/C12H17NO2/c1-3-11(12(14)15-2)13-9-10-7-5-4-6-8-10/h4-8,11,13H,3,9H2,1-2H3/t11-/m0/s1. The SMILES string of the molecule is CC[C@H](NCc1ccccc1)C(=O)OC. The Morgan fingerprint density at radius 2 is 2.07 bits per heavy atom. The summed E-state index contributed by atoms with van der Waals surface area (Å²) >= 11 is 0. The number of ether oxygens (including phenoxy) is 1. The minimum absolute atomic E-state index is 0.201. The van der Waals surface area contributed by atoms with Crippen molar-refractivity contribution in [2.45, 2.75) is 25.9 Å². The summed E-state index contributed by atoms with van der Waals surface area (Å²) in [6, 6.07) is 9.77. The number of methoxy groups -OCH3 is 1. The van der Waals surface area contributed by atoms with Crippen LogP contribution in [0.2, 0.25) is 0 Å². The molecule has 0 saturated carbocycles. The van der Waals surface area contributed by atoms with E-state index in [4.69, 9.17) is 4.74 Å². The molecule has 0 aromatic heterocycles. The Bertz CT molecular complexity index is 298. The van der Waals surface area contributed by atoms with E-state index in [-0.39, 0.29) is 12.0 Å².